The van der Waals surface area contributed by atoms with Gasteiger partial charge in [-0.3, -0.25) is 0 Å². The van der Waals surface area contributed by atoms with Crippen LogP contribution < -0.4 is 14.8 Å². The van der Waals surface area contributed by atoms with E-state index in [2.05, 4.69) is 11.9 Å². The van der Waals surface area contributed by atoms with E-state index >= 15 is 0 Å². The molecule has 0 saturated carbocycles. The van der Waals surface area contributed by atoms with Crippen LogP contribution in [0.25, 0.3) is 0 Å². The van der Waals surface area contributed by atoms with Crippen molar-refractivity contribution in [2.75, 3.05) is 33.5 Å². The smallest absolute Gasteiger partial charge is 0.161 e. The molecule has 0 saturated heterocycles. The summed E-state index contributed by atoms with van der Waals surface area (Å²) in [6.07, 6.45) is 1.11. The minimum Gasteiger partial charge on any atom is -0.493 e. The van der Waals surface area contributed by atoms with Gasteiger partial charge in [-0.05, 0) is 19.1 Å². The van der Waals surface area contributed by atoms with Gasteiger partial charge in [0.25, 0.3) is 0 Å². The second-order valence-corrected chi connectivity index (χ2v) is 4.75. The Morgan fingerprint density at radius 2 is 2.00 bits per heavy atom. The van der Waals surface area contributed by atoms with Gasteiger partial charge in [0.1, 0.15) is 6.61 Å². The SMILES string of the molecule is C=CCOC[C@@H](O)CN[C@H](C)COc1ccccc1OC. The molecule has 1 aromatic carbocycles. The number of methoxy groups -OCH3 is 1. The summed E-state index contributed by atoms with van der Waals surface area (Å²) in [6.45, 7) is 7.22. The van der Waals surface area contributed by atoms with Gasteiger partial charge in [0.2, 0.25) is 0 Å². The monoisotopic (exact) mass is 295 g/mol. The molecule has 5 heteroatoms. The minimum atomic E-state index is -0.543. The normalized spacial score (nSPS) is 13.5. The highest BCUT2D eigenvalue weighted by Crippen LogP contribution is 2.25. The van der Waals surface area contributed by atoms with Crippen molar-refractivity contribution < 1.29 is 19.3 Å². The Bertz CT molecular complexity index is 411. The number of aliphatic hydroxyl groups excluding tert-OH is 1. The second kappa shape index (κ2) is 10.2. The van der Waals surface area contributed by atoms with Gasteiger partial charge >= 0.3 is 0 Å². The van der Waals surface area contributed by atoms with Crippen LogP contribution >= 0.6 is 0 Å². The Labute approximate surface area is 126 Å². The molecular formula is C16H25NO4. The summed E-state index contributed by atoms with van der Waals surface area (Å²) in [5.41, 5.74) is 0. The lowest BCUT2D eigenvalue weighted by Gasteiger charge is -2.18. The molecule has 0 aliphatic heterocycles. The number of hydrogen-bond donors (Lipinski definition) is 2. The lowest BCUT2D eigenvalue weighted by Crippen LogP contribution is -2.39. The van der Waals surface area contributed by atoms with Crippen molar-refractivity contribution in [3.63, 3.8) is 0 Å². The molecule has 2 atom stereocenters. The highest BCUT2D eigenvalue weighted by molar-refractivity contribution is 5.39. The van der Waals surface area contributed by atoms with Crippen molar-refractivity contribution in [1.29, 1.82) is 0 Å². The summed E-state index contributed by atoms with van der Waals surface area (Å²) in [6, 6.07) is 7.62. The van der Waals surface area contributed by atoms with Gasteiger partial charge in [0.05, 0.1) is 26.4 Å². The molecule has 0 fully saturated rings. The fraction of sp³-hybridized carbons (Fsp3) is 0.500. The van der Waals surface area contributed by atoms with E-state index in [-0.39, 0.29) is 6.04 Å². The van der Waals surface area contributed by atoms with Gasteiger partial charge in [-0.1, -0.05) is 18.2 Å². The molecule has 0 aliphatic carbocycles. The van der Waals surface area contributed by atoms with Gasteiger partial charge in [-0.2, -0.15) is 0 Å². The predicted octanol–water partition coefficient (Wildman–Crippen LogP) is 1.62. The molecule has 21 heavy (non-hydrogen) atoms. The first-order valence-corrected chi connectivity index (χ1v) is 7.03. The molecule has 0 unspecified atom stereocenters. The number of rotatable bonds is 11. The summed E-state index contributed by atoms with van der Waals surface area (Å²) in [7, 11) is 1.61. The zero-order valence-corrected chi connectivity index (χ0v) is 12.7. The summed E-state index contributed by atoms with van der Waals surface area (Å²) >= 11 is 0. The van der Waals surface area contributed by atoms with Gasteiger partial charge in [0.15, 0.2) is 11.5 Å². The maximum Gasteiger partial charge on any atom is 0.161 e. The van der Waals surface area contributed by atoms with Gasteiger partial charge in [-0.25, -0.2) is 0 Å². The number of aliphatic hydroxyl groups is 1. The van der Waals surface area contributed by atoms with E-state index in [1.165, 1.54) is 0 Å². The van der Waals surface area contributed by atoms with Crippen LogP contribution in [0.1, 0.15) is 6.92 Å². The number of hydrogen-bond acceptors (Lipinski definition) is 5. The Kier molecular flexibility index (Phi) is 8.50. The average molecular weight is 295 g/mol. The predicted molar refractivity (Wildman–Crippen MR) is 83.0 cm³/mol. The summed E-state index contributed by atoms with van der Waals surface area (Å²) in [4.78, 5) is 0. The standard InChI is InChI=1S/C16H25NO4/c1-4-9-20-12-14(18)10-17-13(2)11-21-16-8-6-5-7-15(16)19-3/h4-8,13-14,17-18H,1,9-12H2,2-3H3/t13-,14+/m1/s1. The Hall–Kier alpha value is -1.56. The van der Waals surface area contributed by atoms with Crippen LogP contribution in [0, 0.1) is 0 Å². The molecule has 0 spiro atoms. The molecule has 0 radical (unpaired) electrons. The minimum absolute atomic E-state index is 0.101. The van der Waals surface area contributed by atoms with Crippen molar-refractivity contribution >= 4 is 0 Å². The lowest BCUT2D eigenvalue weighted by molar-refractivity contribution is 0.0472. The van der Waals surface area contributed by atoms with E-state index in [1.807, 2.05) is 31.2 Å². The number of ether oxygens (including phenoxy) is 3. The van der Waals surface area contributed by atoms with Crippen LogP contribution in [-0.4, -0.2) is 50.7 Å². The zero-order chi connectivity index (χ0) is 15.5. The molecule has 118 valence electrons. The van der Waals surface area contributed by atoms with Gasteiger partial charge in [0, 0.05) is 12.6 Å². The molecule has 0 amide bonds. The van der Waals surface area contributed by atoms with Gasteiger partial charge in [-0.15, -0.1) is 6.58 Å². The molecule has 2 N–H and O–H groups in total. The van der Waals surface area contributed by atoms with Crippen molar-refractivity contribution in [2.24, 2.45) is 0 Å². The highest BCUT2D eigenvalue weighted by Gasteiger charge is 2.09. The number of benzene rings is 1. The third-order valence-electron chi connectivity index (χ3n) is 2.81. The number of nitrogens with one attached hydrogen (secondary N) is 1. The van der Waals surface area contributed by atoms with Crippen molar-refractivity contribution in [1.82, 2.24) is 5.32 Å². The lowest BCUT2D eigenvalue weighted by atomic mass is 10.3. The van der Waals surface area contributed by atoms with Crippen LogP contribution in [-0.2, 0) is 4.74 Å². The topological polar surface area (TPSA) is 60.0 Å². The van der Waals surface area contributed by atoms with Crippen LogP contribution in [0.3, 0.4) is 0 Å². The third kappa shape index (κ3) is 7.13. The molecular weight excluding hydrogens is 270 g/mol. The van der Waals surface area contributed by atoms with E-state index in [9.17, 15) is 5.11 Å². The molecule has 5 nitrogen and oxygen atoms in total. The quantitative estimate of drug-likeness (QED) is 0.480. The van der Waals surface area contributed by atoms with E-state index in [0.717, 1.165) is 0 Å². The Balaban J connectivity index is 2.24. The van der Waals surface area contributed by atoms with E-state index in [4.69, 9.17) is 14.2 Å². The Morgan fingerprint density at radius 3 is 2.67 bits per heavy atom. The number of para-hydroxylation sites is 2. The maximum atomic E-state index is 9.71. The molecule has 0 aliphatic rings. The first kappa shape index (κ1) is 17.5. The van der Waals surface area contributed by atoms with Crippen molar-refractivity contribution in [2.45, 2.75) is 19.1 Å². The summed E-state index contributed by atoms with van der Waals surface area (Å²) in [5, 5.41) is 12.9. The van der Waals surface area contributed by atoms with E-state index < -0.39 is 6.10 Å². The first-order valence-electron chi connectivity index (χ1n) is 7.03. The molecule has 1 rings (SSSR count). The highest BCUT2D eigenvalue weighted by atomic mass is 16.5. The van der Waals surface area contributed by atoms with E-state index in [1.54, 1.807) is 13.2 Å². The van der Waals surface area contributed by atoms with Crippen molar-refractivity contribution in [3.05, 3.63) is 36.9 Å². The van der Waals surface area contributed by atoms with Crippen LogP contribution in [0.4, 0.5) is 0 Å². The largest absolute Gasteiger partial charge is 0.493 e. The summed E-state index contributed by atoms with van der Waals surface area (Å²) < 4.78 is 16.1. The first-order chi connectivity index (χ1) is 10.2. The molecule has 0 heterocycles. The molecule has 1 aromatic rings. The summed E-state index contributed by atoms with van der Waals surface area (Å²) in [5.74, 6) is 1.42. The average Bonchev–Trinajstić information content (AvgIpc) is 2.51. The molecule has 0 bridgehead atoms. The van der Waals surface area contributed by atoms with E-state index in [0.29, 0.717) is 37.9 Å². The van der Waals surface area contributed by atoms with Crippen molar-refractivity contribution in [3.8, 4) is 11.5 Å². The van der Waals surface area contributed by atoms with Gasteiger partial charge < -0.3 is 24.6 Å². The molecule has 0 aromatic heterocycles. The van der Waals surface area contributed by atoms with Crippen LogP contribution in [0.5, 0.6) is 11.5 Å². The van der Waals surface area contributed by atoms with Crippen LogP contribution in [0.2, 0.25) is 0 Å². The maximum absolute atomic E-state index is 9.71. The fourth-order valence-corrected chi connectivity index (χ4v) is 1.70. The Morgan fingerprint density at radius 1 is 1.29 bits per heavy atom. The van der Waals surface area contributed by atoms with Crippen LogP contribution in [0.15, 0.2) is 36.9 Å². The zero-order valence-electron chi connectivity index (χ0n) is 12.7. The third-order valence-corrected chi connectivity index (χ3v) is 2.81. The fourth-order valence-electron chi connectivity index (χ4n) is 1.70. The second-order valence-electron chi connectivity index (χ2n) is 4.75.